The van der Waals surface area contributed by atoms with E-state index in [0.29, 0.717) is 6.79 Å². The summed E-state index contributed by atoms with van der Waals surface area (Å²) in [5.41, 5.74) is 4.79. The first kappa shape index (κ1) is 17.8. The molecule has 3 aromatic carbocycles. The summed E-state index contributed by atoms with van der Waals surface area (Å²) >= 11 is 0. The molecule has 1 aliphatic heterocycles. The van der Waals surface area contributed by atoms with Crippen molar-refractivity contribution in [1.29, 1.82) is 0 Å². The van der Waals surface area contributed by atoms with E-state index in [9.17, 15) is 0 Å². The van der Waals surface area contributed by atoms with Crippen LogP contribution in [0.1, 0.15) is 11.3 Å². The largest absolute Gasteiger partial charge is 0.454 e. The highest BCUT2D eigenvalue weighted by Crippen LogP contribution is 2.33. The summed E-state index contributed by atoms with van der Waals surface area (Å²) in [4.78, 5) is 4.39. The number of hydrogen-bond donors (Lipinski definition) is 0. The number of imidazole rings is 1. The van der Waals surface area contributed by atoms with Crippen LogP contribution in [0.15, 0.2) is 91.6 Å². The Bertz CT molecular complexity index is 1380. The Morgan fingerprint density at radius 3 is 2.77 bits per heavy atom. The molecule has 152 valence electrons. The van der Waals surface area contributed by atoms with Gasteiger partial charge in [-0.15, -0.1) is 0 Å². The Hall–Kier alpha value is -3.99. The molecule has 0 saturated carbocycles. The number of hydrogen-bond acceptors (Lipinski definition) is 3. The fourth-order valence-electron chi connectivity index (χ4n) is 4.22. The molecule has 0 amide bonds. The number of ether oxygens (including phenoxy) is 2. The fourth-order valence-corrected chi connectivity index (χ4v) is 4.22. The zero-order chi connectivity index (χ0) is 20.6. The summed E-state index contributed by atoms with van der Waals surface area (Å²) < 4.78 is 15.3. The topological polar surface area (TPSA) is 41.2 Å². The molecule has 5 nitrogen and oxygen atoms in total. The summed E-state index contributed by atoms with van der Waals surface area (Å²) in [7, 11) is 0. The molecule has 5 heteroatoms. The lowest BCUT2D eigenvalue weighted by Crippen LogP contribution is -2.07. The van der Waals surface area contributed by atoms with Crippen LogP contribution in [0.3, 0.4) is 0 Å². The molecule has 1 aliphatic rings. The van der Waals surface area contributed by atoms with E-state index in [1.54, 1.807) is 0 Å². The van der Waals surface area contributed by atoms with Gasteiger partial charge in [-0.2, -0.15) is 0 Å². The molecule has 0 atom stereocenters. The Labute approximate surface area is 180 Å². The van der Waals surface area contributed by atoms with Crippen molar-refractivity contribution in [3.8, 4) is 22.6 Å². The number of rotatable bonds is 5. The van der Waals surface area contributed by atoms with Gasteiger partial charge in [0.2, 0.25) is 6.79 Å². The van der Waals surface area contributed by atoms with Crippen molar-refractivity contribution < 1.29 is 9.47 Å². The molecule has 0 spiro atoms. The molecule has 0 aliphatic carbocycles. The van der Waals surface area contributed by atoms with Gasteiger partial charge >= 0.3 is 0 Å². The van der Waals surface area contributed by atoms with Crippen LogP contribution >= 0.6 is 0 Å². The fraction of sp³-hybridized carbons (Fsp3) is 0.115. The minimum absolute atomic E-state index is 0.293. The van der Waals surface area contributed by atoms with Crippen LogP contribution < -0.4 is 9.47 Å². The van der Waals surface area contributed by atoms with Crippen LogP contribution in [-0.2, 0) is 13.1 Å². The van der Waals surface area contributed by atoms with Gasteiger partial charge in [0.1, 0.15) is 0 Å². The van der Waals surface area contributed by atoms with Gasteiger partial charge in [0, 0.05) is 25.1 Å². The third-order valence-electron chi connectivity index (χ3n) is 5.78. The lowest BCUT2D eigenvalue weighted by molar-refractivity contribution is 0.174. The normalized spacial score (nSPS) is 12.5. The zero-order valence-corrected chi connectivity index (χ0v) is 16.9. The molecule has 2 aromatic heterocycles. The van der Waals surface area contributed by atoms with Gasteiger partial charge in [0.15, 0.2) is 11.5 Å². The lowest BCUT2D eigenvalue weighted by atomic mass is 10.0. The van der Waals surface area contributed by atoms with Crippen LogP contribution in [0.4, 0.5) is 0 Å². The quantitative estimate of drug-likeness (QED) is 0.395. The Kier molecular flexibility index (Phi) is 4.24. The lowest BCUT2D eigenvalue weighted by Gasteiger charge is -2.10. The molecule has 6 rings (SSSR count). The predicted molar refractivity (Wildman–Crippen MR) is 120 cm³/mol. The molecule has 0 fully saturated rings. The van der Waals surface area contributed by atoms with Crippen molar-refractivity contribution >= 4 is 10.8 Å². The standard InChI is InChI=1S/C26H21N3O2/c1-2-6-23-20(4-1)5-3-7-24(23)21-10-11-28(15-21)16-22-13-27-17-29(22)14-19-8-9-25-26(12-19)31-18-30-25/h1-13,15,17H,14,16,18H2. The summed E-state index contributed by atoms with van der Waals surface area (Å²) in [5, 5.41) is 2.53. The van der Waals surface area contributed by atoms with Gasteiger partial charge in [-0.05, 0) is 45.7 Å². The number of nitrogens with zero attached hydrogens (tertiary/aromatic N) is 3. The molecule has 31 heavy (non-hydrogen) atoms. The van der Waals surface area contributed by atoms with Crippen molar-refractivity contribution in [2.24, 2.45) is 0 Å². The summed E-state index contributed by atoms with van der Waals surface area (Å²) in [5.74, 6) is 1.62. The van der Waals surface area contributed by atoms with Crippen LogP contribution in [0.2, 0.25) is 0 Å². The van der Waals surface area contributed by atoms with Gasteiger partial charge in [0.05, 0.1) is 18.6 Å². The molecular weight excluding hydrogens is 386 g/mol. The van der Waals surface area contributed by atoms with E-state index in [1.165, 1.54) is 21.9 Å². The molecular formula is C26H21N3O2. The first-order valence-corrected chi connectivity index (χ1v) is 10.3. The highest BCUT2D eigenvalue weighted by molar-refractivity contribution is 5.96. The maximum absolute atomic E-state index is 5.51. The van der Waals surface area contributed by atoms with E-state index in [4.69, 9.17) is 9.47 Å². The van der Waals surface area contributed by atoms with E-state index >= 15 is 0 Å². The summed E-state index contributed by atoms with van der Waals surface area (Å²) in [6, 6.07) is 23.2. The molecule has 5 aromatic rings. The molecule has 0 saturated heterocycles. The van der Waals surface area contributed by atoms with E-state index in [0.717, 1.165) is 35.8 Å². The monoisotopic (exact) mass is 407 g/mol. The van der Waals surface area contributed by atoms with Gasteiger partial charge in [0.25, 0.3) is 0 Å². The number of aromatic nitrogens is 3. The smallest absolute Gasteiger partial charge is 0.231 e. The average molecular weight is 407 g/mol. The summed E-state index contributed by atoms with van der Waals surface area (Å²) in [6.07, 6.45) is 8.16. The highest BCUT2D eigenvalue weighted by atomic mass is 16.7. The molecule has 0 radical (unpaired) electrons. The second-order valence-corrected chi connectivity index (χ2v) is 7.80. The van der Waals surface area contributed by atoms with Crippen LogP contribution in [0.25, 0.3) is 21.9 Å². The summed E-state index contributed by atoms with van der Waals surface area (Å²) in [6.45, 7) is 1.79. The SMILES string of the molecule is c1ccc2c(-c3ccn(Cc4cncn4Cc4ccc5c(c4)OCO5)c3)cccc2c1. The molecule has 3 heterocycles. The van der Waals surface area contributed by atoms with Gasteiger partial charge < -0.3 is 18.6 Å². The molecule has 0 unspecified atom stereocenters. The highest BCUT2D eigenvalue weighted by Gasteiger charge is 2.14. The number of fused-ring (bicyclic) bond motifs is 2. The van der Waals surface area contributed by atoms with Crippen LogP contribution in [-0.4, -0.2) is 20.9 Å². The Balaban J connectivity index is 1.25. The van der Waals surface area contributed by atoms with Gasteiger partial charge in [-0.1, -0.05) is 48.5 Å². The first-order valence-electron chi connectivity index (χ1n) is 10.3. The van der Waals surface area contributed by atoms with E-state index in [-0.39, 0.29) is 0 Å². The molecule has 0 N–H and O–H groups in total. The van der Waals surface area contributed by atoms with E-state index in [2.05, 4.69) is 81.1 Å². The maximum atomic E-state index is 5.51. The second-order valence-electron chi connectivity index (χ2n) is 7.80. The van der Waals surface area contributed by atoms with Crippen molar-refractivity contribution in [1.82, 2.24) is 14.1 Å². The van der Waals surface area contributed by atoms with Crippen molar-refractivity contribution in [3.05, 3.63) is 103 Å². The van der Waals surface area contributed by atoms with Crippen LogP contribution in [0, 0.1) is 0 Å². The second kappa shape index (κ2) is 7.36. The average Bonchev–Trinajstić information content (AvgIpc) is 3.55. The Morgan fingerprint density at radius 2 is 1.77 bits per heavy atom. The third-order valence-corrected chi connectivity index (χ3v) is 5.78. The van der Waals surface area contributed by atoms with Crippen molar-refractivity contribution in [3.63, 3.8) is 0 Å². The maximum Gasteiger partial charge on any atom is 0.231 e. The minimum atomic E-state index is 0.293. The van der Waals surface area contributed by atoms with Gasteiger partial charge in [-0.25, -0.2) is 4.98 Å². The molecule has 0 bridgehead atoms. The van der Waals surface area contributed by atoms with Crippen LogP contribution in [0.5, 0.6) is 11.5 Å². The minimum Gasteiger partial charge on any atom is -0.454 e. The van der Waals surface area contributed by atoms with Crippen molar-refractivity contribution in [2.75, 3.05) is 6.79 Å². The van der Waals surface area contributed by atoms with Gasteiger partial charge in [-0.3, -0.25) is 0 Å². The third kappa shape index (κ3) is 3.34. The van der Waals surface area contributed by atoms with E-state index in [1.807, 2.05) is 24.7 Å². The predicted octanol–water partition coefficient (Wildman–Crippen LogP) is 5.33. The van der Waals surface area contributed by atoms with E-state index < -0.39 is 0 Å². The Morgan fingerprint density at radius 1 is 0.871 bits per heavy atom. The number of benzene rings is 3. The van der Waals surface area contributed by atoms with Crippen molar-refractivity contribution in [2.45, 2.75) is 13.1 Å². The first-order chi connectivity index (χ1) is 15.3. The zero-order valence-electron chi connectivity index (χ0n) is 16.9.